The number of hydrogen-bond acceptors (Lipinski definition) is 7. The van der Waals surface area contributed by atoms with Gasteiger partial charge < -0.3 is 28.7 Å². The Morgan fingerprint density at radius 3 is 2.16 bits per heavy atom. The van der Waals surface area contributed by atoms with E-state index in [2.05, 4.69) is 5.32 Å². The first-order valence-corrected chi connectivity index (χ1v) is 9.57. The molecule has 0 radical (unpaired) electrons. The van der Waals surface area contributed by atoms with E-state index in [0.29, 0.717) is 45.1 Å². The smallest absolute Gasteiger partial charge is 0.340 e. The Bertz CT molecular complexity index is 1170. The molecule has 0 atom stereocenters. The summed E-state index contributed by atoms with van der Waals surface area (Å²) in [5.41, 5.74) is 1.61. The van der Waals surface area contributed by atoms with E-state index in [1.807, 2.05) is 6.07 Å². The average Bonchev–Trinajstić information content (AvgIpc) is 2.79. The van der Waals surface area contributed by atoms with Crippen LogP contribution in [0.1, 0.15) is 16.7 Å². The van der Waals surface area contributed by atoms with Gasteiger partial charge in [0.1, 0.15) is 5.58 Å². The Morgan fingerprint density at radius 2 is 1.52 bits per heavy atom. The molecule has 0 saturated heterocycles. The molecule has 8 heteroatoms. The normalized spacial score (nSPS) is 10.6. The standard InChI is InChI=1S/C23H25NO7/c1-13-15-9-20(29-4)21(30-5)11-18(15)31-23(26)16(13)10-22(25)24-12-14-6-7-17(27-2)19(8-14)28-3/h6-9,11H,10,12H2,1-5H3,(H,24,25). The van der Waals surface area contributed by atoms with Crippen molar-refractivity contribution in [2.45, 2.75) is 19.9 Å². The third-order valence-electron chi connectivity index (χ3n) is 5.07. The summed E-state index contributed by atoms with van der Waals surface area (Å²) in [5.74, 6) is 1.84. The lowest BCUT2D eigenvalue weighted by Gasteiger charge is -2.12. The number of aryl methyl sites for hydroxylation is 1. The van der Waals surface area contributed by atoms with E-state index in [-0.39, 0.29) is 18.9 Å². The maximum atomic E-state index is 12.5. The number of hydrogen-bond donors (Lipinski definition) is 1. The summed E-state index contributed by atoms with van der Waals surface area (Å²) < 4.78 is 26.5. The number of methoxy groups -OCH3 is 4. The highest BCUT2D eigenvalue weighted by Crippen LogP contribution is 2.33. The summed E-state index contributed by atoms with van der Waals surface area (Å²) in [4.78, 5) is 25.1. The zero-order valence-corrected chi connectivity index (χ0v) is 18.2. The van der Waals surface area contributed by atoms with Crippen molar-refractivity contribution in [1.82, 2.24) is 5.32 Å². The number of fused-ring (bicyclic) bond motifs is 1. The molecule has 0 saturated carbocycles. The lowest BCUT2D eigenvalue weighted by atomic mass is 10.0. The SMILES string of the molecule is COc1ccc(CNC(=O)Cc2c(C)c3cc(OC)c(OC)cc3oc2=O)cc1OC. The second kappa shape index (κ2) is 9.42. The van der Waals surface area contributed by atoms with Crippen LogP contribution in [0.4, 0.5) is 0 Å². The summed E-state index contributed by atoms with van der Waals surface area (Å²) >= 11 is 0. The van der Waals surface area contributed by atoms with Crippen LogP contribution in [0.25, 0.3) is 11.0 Å². The molecular formula is C23H25NO7. The van der Waals surface area contributed by atoms with Crippen molar-refractivity contribution in [2.75, 3.05) is 28.4 Å². The molecule has 0 fully saturated rings. The van der Waals surface area contributed by atoms with Crippen LogP contribution in [0.15, 0.2) is 39.5 Å². The third-order valence-corrected chi connectivity index (χ3v) is 5.07. The molecule has 3 rings (SSSR count). The fourth-order valence-electron chi connectivity index (χ4n) is 3.33. The van der Waals surface area contributed by atoms with Gasteiger partial charge in [0.05, 0.1) is 40.4 Å². The number of ether oxygens (including phenoxy) is 4. The second-order valence-corrected chi connectivity index (χ2v) is 6.84. The number of amides is 1. The predicted octanol–water partition coefficient (Wildman–Crippen LogP) is 2.99. The lowest BCUT2D eigenvalue weighted by molar-refractivity contribution is -0.120. The Morgan fingerprint density at radius 1 is 0.903 bits per heavy atom. The first-order valence-electron chi connectivity index (χ1n) is 9.57. The van der Waals surface area contributed by atoms with Crippen molar-refractivity contribution >= 4 is 16.9 Å². The van der Waals surface area contributed by atoms with E-state index in [0.717, 1.165) is 5.56 Å². The molecule has 0 aliphatic rings. The molecule has 0 aliphatic carbocycles. The van der Waals surface area contributed by atoms with Crippen LogP contribution in [0.3, 0.4) is 0 Å². The van der Waals surface area contributed by atoms with Gasteiger partial charge in [-0.2, -0.15) is 0 Å². The van der Waals surface area contributed by atoms with Crippen molar-refractivity contribution in [3.05, 3.63) is 57.4 Å². The molecule has 2 aromatic carbocycles. The molecule has 1 amide bonds. The zero-order chi connectivity index (χ0) is 22.5. The minimum atomic E-state index is -0.557. The van der Waals surface area contributed by atoms with Gasteiger partial charge in [-0.15, -0.1) is 0 Å². The molecule has 3 aromatic rings. The Hall–Kier alpha value is -3.68. The van der Waals surface area contributed by atoms with Crippen molar-refractivity contribution in [3.63, 3.8) is 0 Å². The zero-order valence-electron chi connectivity index (χ0n) is 18.2. The molecule has 1 N–H and O–H groups in total. The van der Waals surface area contributed by atoms with Crippen LogP contribution in [0.2, 0.25) is 0 Å². The molecule has 164 valence electrons. The van der Waals surface area contributed by atoms with Crippen molar-refractivity contribution in [1.29, 1.82) is 0 Å². The quantitative estimate of drug-likeness (QED) is 0.552. The Kier molecular flexibility index (Phi) is 6.69. The molecule has 31 heavy (non-hydrogen) atoms. The van der Waals surface area contributed by atoms with Crippen LogP contribution < -0.4 is 29.9 Å². The van der Waals surface area contributed by atoms with Gasteiger partial charge in [-0.1, -0.05) is 6.07 Å². The van der Waals surface area contributed by atoms with Gasteiger partial charge in [0.25, 0.3) is 0 Å². The van der Waals surface area contributed by atoms with E-state index in [1.54, 1.807) is 45.4 Å². The number of nitrogens with one attached hydrogen (secondary N) is 1. The monoisotopic (exact) mass is 427 g/mol. The minimum Gasteiger partial charge on any atom is -0.493 e. The van der Waals surface area contributed by atoms with Crippen LogP contribution >= 0.6 is 0 Å². The van der Waals surface area contributed by atoms with E-state index < -0.39 is 5.63 Å². The number of carbonyl (C=O) groups is 1. The number of rotatable bonds is 8. The average molecular weight is 427 g/mol. The lowest BCUT2D eigenvalue weighted by Crippen LogP contribution is -2.27. The summed E-state index contributed by atoms with van der Waals surface area (Å²) in [7, 11) is 6.14. The number of carbonyl (C=O) groups excluding carboxylic acids is 1. The molecule has 0 spiro atoms. The first-order chi connectivity index (χ1) is 14.9. The summed E-state index contributed by atoms with van der Waals surface area (Å²) in [6.07, 6.45) is -0.105. The molecule has 1 aromatic heterocycles. The topological polar surface area (TPSA) is 96.2 Å². The Balaban J connectivity index is 1.81. The van der Waals surface area contributed by atoms with Gasteiger partial charge in [0, 0.05) is 18.0 Å². The highest BCUT2D eigenvalue weighted by molar-refractivity contribution is 5.87. The molecule has 0 unspecified atom stereocenters. The van der Waals surface area contributed by atoms with Gasteiger partial charge in [-0.25, -0.2) is 4.79 Å². The van der Waals surface area contributed by atoms with Gasteiger partial charge in [-0.05, 0) is 36.2 Å². The summed E-state index contributed by atoms with van der Waals surface area (Å²) in [6.45, 7) is 2.06. The fraction of sp³-hybridized carbons (Fsp3) is 0.304. The van der Waals surface area contributed by atoms with E-state index in [9.17, 15) is 9.59 Å². The fourth-order valence-corrected chi connectivity index (χ4v) is 3.33. The van der Waals surface area contributed by atoms with Gasteiger partial charge in [0.2, 0.25) is 5.91 Å². The maximum Gasteiger partial charge on any atom is 0.340 e. The second-order valence-electron chi connectivity index (χ2n) is 6.84. The van der Waals surface area contributed by atoms with Crippen LogP contribution in [0.5, 0.6) is 23.0 Å². The van der Waals surface area contributed by atoms with E-state index >= 15 is 0 Å². The molecule has 1 heterocycles. The molecular weight excluding hydrogens is 402 g/mol. The van der Waals surface area contributed by atoms with Gasteiger partial charge >= 0.3 is 5.63 Å². The van der Waals surface area contributed by atoms with Gasteiger partial charge in [-0.3, -0.25) is 4.79 Å². The van der Waals surface area contributed by atoms with Gasteiger partial charge in [0.15, 0.2) is 23.0 Å². The van der Waals surface area contributed by atoms with Crippen molar-refractivity contribution in [3.8, 4) is 23.0 Å². The highest BCUT2D eigenvalue weighted by Gasteiger charge is 2.17. The maximum absolute atomic E-state index is 12.5. The van der Waals surface area contributed by atoms with Crippen molar-refractivity contribution < 1.29 is 28.2 Å². The summed E-state index contributed by atoms with van der Waals surface area (Å²) in [5, 5.41) is 3.50. The molecule has 0 aliphatic heterocycles. The minimum absolute atomic E-state index is 0.105. The molecule has 0 bridgehead atoms. The predicted molar refractivity (Wildman–Crippen MR) is 115 cm³/mol. The first kappa shape index (κ1) is 22.0. The van der Waals surface area contributed by atoms with Crippen LogP contribution in [-0.4, -0.2) is 34.3 Å². The third kappa shape index (κ3) is 4.58. The highest BCUT2D eigenvalue weighted by atomic mass is 16.5. The van der Waals surface area contributed by atoms with E-state index in [1.165, 1.54) is 14.2 Å². The molecule has 8 nitrogen and oxygen atoms in total. The largest absolute Gasteiger partial charge is 0.493 e. The Labute approximate surface area is 179 Å². The summed E-state index contributed by atoms with van der Waals surface area (Å²) in [6, 6.07) is 8.72. The van der Waals surface area contributed by atoms with Crippen LogP contribution in [0, 0.1) is 6.92 Å². The number of benzene rings is 2. The van der Waals surface area contributed by atoms with Crippen LogP contribution in [-0.2, 0) is 17.8 Å². The van der Waals surface area contributed by atoms with E-state index in [4.69, 9.17) is 23.4 Å². The van der Waals surface area contributed by atoms with Crippen molar-refractivity contribution in [2.24, 2.45) is 0 Å².